The van der Waals surface area contributed by atoms with Crippen LogP contribution in [0.15, 0.2) is 0 Å². The quantitative estimate of drug-likeness (QED) is 0.336. The van der Waals surface area contributed by atoms with E-state index < -0.39 is 0 Å². The van der Waals surface area contributed by atoms with Gasteiger partial charge >= 0.3 is 0 Å². The van der Waals surface area contributed by atoms with Crippen molar-refractivity contribution in [2.24, 2.45) is 0 Å². The van der Waals surface area contributed by atoms with Crippen LogP contribution >= 0.6 is 0 Å². The molecule has 0 aliphatic heterocycles. The number of rotatable bonds is 6. The molecule has 0 aromatic carbocycles. The first-order valence-electron chi connectivity index (χ1n) is 4.05. The zero-order valence-electron chi connectivity index (χ0n) is 7.14. The van der Waals surface area contributed by atoms with Gasteiger partial charge in [0.1, 0.15) is 11.5 Å². The highest BCUT2D eigenvalue weighted by molar-refractivity contribution is 7.78. The normalized spacial score (nSPS) is 9.00. The minimum absolute atomic E-state index is 0. The monoisotopic (exact) mass is 164 g/mol. The molecule has 1 N–H and O–H groups in total. The summed E-state index contributed by atoms with van der Waals surface area (Å²) in [6.45, 7) is 4.52. The fourth-order valence-electron chi connectivity index (χ4n) is 0.652. The average Bonchev–Trinajstić information content (AvgIpc) is 1.89. The number of hydrogen-bond donors (Lipinski definition) is 0. The summed E-state index contributed by atoms with van der Waals surface area (Å²) in [6, 6.07) is 0. The van der Waals surface area contributed by atoms with Gasteiger partial charge in [-0.2, -0.15) is 0 Å². The minimum atomic E-state index is 0. The standard InChI is InChI=1S/C8H18S.H2O/c1-3-5-7-9-8-6-4-2;/h3-8H2,1-2H3;1H2. The van der Waals surface area contributed by atoms with Crippen LogP contribution in [0.1, 0.15) is 39.5 Å². The Balaban J connectivity index is 0. The first kappa shape index (κ1) is 12.9. The van der Waals surface area contributed by atoms with Gasteiger partial charge in [-0.15, -0.1) is 0 Å². The van der Waals surface area contributed by atoms with Crippen LogP contribution in [0.4, 0.5) is 0 Å². The molecule has 0 aromatic rings. The van der Waals surface area contributed by atoms with Gasteiger partial charge in [-0.05, 0) is 24.6 Å². The lowest BCUT2D eigenvalue weighted by Crippen LogP contribution is -1.93. The second-order valence-corrected chi connectivity index (χ2v) is 3.72. The molecule has 64 valence electrons. The summed E-state index contributed by atoms with van der Waals surface area (Å²) < 4.78 is 0. The lowest BCUT2D eigenvalue weighted by molar-refractivity contribution is 0.824. The summed E-state index contributed by atoms with van der Waals surface area (Å²) in [5.41, 5.74) is 0. The smallest absolute Gasteiger partial charge is 0.105 e. The molecule has 0 aliphatic carbocycles. The molecule has 0 amide bonds. The van der Waals surface area contributed by atoms with Gasteiger partial charge in [-0.1, -0.05) is 26.7 Å². The number of thiol groups is 1. The van der Waals surface area contributed by atoms with Gasteiger partial charge in [0.25, 0.3) is 0 Å². The van der Waals surface area contributed by atoms with Crippen molar-refractivity contribution >= 4 is 11.8 Å². The van der Waals surface area contributed by atoms with Crippen LogP contribution in [0.5, 0.6) is 0 Å². The van der Waals surface area contributed by atoms with Crippen molar-refractivity contribution < 1.29 is 5.48 Å². The Morgan fingerprint density at radius 1 is 0.900 bits per heavy atom. The summed E-state index contributed by atoms with van der Waals surface area (Å²) >= 11 is 1.67. The van der Waals surface area contributed by atoms with Crippen molar-refractivity contribution in [1.82, 2.24) is 0 Å². The Hall–Kier alpha value is 0.310. The Kier molecular flexibility index (Phi) is 15.6. The second-order valence-electron chi connectivity index (χ2n) is 2.38. The third kappa shape index (κ3) is 11.2. The van der Waals surface area contributed by atoms with E-state index in [9.17, 15) is 0 Å². The Labute approximate surface area is 68.9 Å². The predicted molar refractivity (Wildman–Crippen MR) is 50.2 cm³/mol. The fourth-order valence-corrected chi connectivity index (χ4v) is 1.95. The summed E-state index contributed by atoms with van der Waals surface area (Å²) in [6.07, 6.45) is 5.56. The molecule has 10 heavy (non-hydrogen) atoms. The van der Waals surface area contributed by atoms with Gasteiger partial charge in [-0.25, -0.2) is 0 Å². The van der Waals surface area contributed by atoms with Gasteiger partial charge < -0.3 is 5.48 Å². The zero-order chi connectivity index (χ0) is 6.95. The second kappa shape index (κ2) is 12.0. The zero-order valence-corrected chi connectivity index (χ0v) is 8.03. The molecule has 0 rings (SSSR count). The highest BCUT2D eigenvalue weighted by Gasteiger charge is 1.93. The maximum atomic E-state index is 2.26. The van der Waals surface area contributed by atoms with E-state index >= 15 is 0 Å². The molecule has 0 bridgehead atoms. The summed E-state index contributed by atoms with van der Waals surface area (Å²) in [4.78, 5) is 0. The first-order chi connectivity index (χ1) is 4.41. The third-order valence-electron chi connectivity index (χ3n) is 1.34. The van der Waals surface area contributed by atoms with Crippen LogP contribution < -0.4 is 0 Å². The molecule has 0 fully saturated rings. The highest BCUT2D eigenvalue weighted by Crippen LogP contribution is 1.92. The van der Waals surface area contributed by atoms with Gasteiger partial charge in [-0.3, -0.25) is 0 Å². The molecule has 2 heteroatoms. The number of hydrogen-bond acceptors (Lipinski definition) is 1. The molecule has 0 spiro atoms. The molecular weight excluding hydrogens is 144 g/mol. The average molecular weight is 164 g/mol. The van der Waals surface area contributed by atoms with Crippen LogP contribution in [0.3, 0.4) is 0 Å². The molecule has 0 aliphatic rings. The minimum Gasteiger partial charge on any atom is -0.870 e. The fraction of sp³-hybridized carbons (Fsp3) is 1.00. The summed E-state index contributed by atoms with van der Waals surface area (Å²) in [7, 11) is 0. The molecule has 1 nitrogen and oxygen atoms in total. The van der Waals surface area contributed by atoms with Crippen molar-refractivity contribution in [3.8, 4) is 0 Å². The predicted octanol–water partition coefficient (Wildman–Crippen LogP) is 2.22. The Morgan fingerprint density at radius 2 is 1.30 bits per heavy atom. The van der Waals surface area contributed by atoms with E-state index in [1.807, 2.05) is 0 Å². The van der Waals surface area contributed by atoms with Crippen LogP contribution in [-0.2, 0) is 11.8 Å². The number of unbranched alkanes of at least 4 members (excludes halogenated alkanes) is 2. The van der Waals surface area contributed by atoms with Crippen LogP contribution in [0, 0.1) is 0 Å². The largest absolute Gasteiger partial charge is 0.870 e. The lowest BCUT2D eigenvalue weighted by Gasteiger charge is -1.88. The van der Waals surface area contributed by atoms with E-state index in [4.69, 9.17) is 0 Å². The van der Waals surface area contributed by atoms with E-state index in [1.54, 1.807) is 11.8 Å². The van der Waals surface area contributed by atoms with E-state index in [0.29, 0.717) is 0 Å². The maximum absolute atomic E-state index is 2.26. The van der Waals surface area contributed by atoms with Gasteiger partial charge in [0, 0.05) is 0 Å². The van der Waals surface area contributed by atoms with Crippen molar-refractivity contribution in [2.45, 2.75) is 39.5 Å². The van der Waals surface area contributed by atoms with E-state index in [1.165, 1.54) is 37.2 Å². The lowest BCUT2D eigenvalue weighted by atomic mass is 10.4. The molecule has 0 unspecified atom stereocenters. The van der Waals surface area contributed by atoms with Crippen molar-refractivity contribution in [3.63, 3.8) is 0 Å². The van der Waals surface area contributed by atoms with E-state index in [-0.39, 0.29) is 5.48 Å². The molecular formula is C8H20OS. The highest BCUT2D eigenvalue weighted by atomic mass is 32.2. The van der Waals surface area contributed by atoms with Crippen molar-refractivity contribution in [2.75, 3.05) is 11.5 Å². The summed E-state index contributed by atoms with van der Waals surface area (Å²) in [5.74, 6) is 2.85. The van der Waals surface area contributed by atoms with E-state index in [2.05, 4.69) is 13.8 Å². The maximum Gasteiger partial charge on any atom is 0.105 e. The van der Waals surface area contributed by atoms with E-state index in [0.717, 1.165) is 0 Å². The van der Waals surface area contributed by atoms with Crippen molar-refractivity contribution in [1.29, 1.82) is 0 Å². The van der Waals surface area contributed by atoms with Gasteiger partial charge in [0.2, 0.25) is 0 Å². The Bertz CT molecular complexity index is 42.5. The topological polar surface area (TPSA) is 30.0 Å². The molecule has 0 saturated heterocycles. The molecule has 0 radical (unpaired) electrons. The molecule has 0 saturated carbocycles. The van der Waals surface area contributed by atoms with Crippen molar-refractivity contribution in [3.05, 3.63) is 0 Å². The molecule has 0 aromatic heterocycles. The van der Waals surface area contributed by atoms with Gasteiger partial charge in [0.05, 0.1) is 0 Å². The van der Waals surface area contributed by atoms with Gasteiger partial charge in [0.15, 0.2) is 0 Å². The van der Waals surface area contributed by atoms with Crippen LogP contribution in [0.2, 0.25) is 0 Å². The SMILES string of the molecule is CCCC[SH+]CCCC.[OH-]. The Morgan fingerprint density at radius 3 is 1.60 bits per heavy atom. The first-order valence-corrected chi connectivity index (χ1v) is 5.31. The van der Waals surface area contributed by atoms with Crippen LogP contribution in [-0.4, -0.2) is 17.0 Å². The summed E-state index contributed by atoms with van der Waals surface area (Å²) in [5, 5.41) is 0. The molecule has 0 heterocycles. The third-order valence-corrected chi connectivity index (χ3v) is 2.60. The van der Waals surface area contributed by atoms with Crippen LogP contribution in [0.25, 0.3) is 0 Å². The molecule has 0 atom stereocenters.